The Morgan fingerprint density at radius 3 is 2.24 bits per heavy atom. The summed E-state index contributed by atoms with van der Waals surface area (Å²) in [5.41, 5.74) is 5.84. The summed E-state index contributed by atoms with van der Waals surface area (Å²) in [5.74, 6) is 0.306. The molecule has 0 aliphatic carbocycles. The molecule has 4 heterocycles. The van der Waals surface area contributed by atoms with Crippen molar-refractivity contribution in [3.63, 3.8) is 0 Å². The molecule has 0 bridgehead atoms. The summed E-state index contributed by atoms with van der Waals surface area (Å²) in [5, 5.41) is 5.26. The quantitative estimate of drug-likeness (QED) is 0.169. The molecular weight excluding hydrogens is 719 g/mol. The van der Waals surface area contributed by atoms with Crippen LogP contribution in [0.25, 0.3) is 33.3 Å². The molecule has 0 spiro atoms. The molecule has 1 saturated heterocycles. The zero-order valence-electron chi connectivity index (χ0n) is 31.5. The predicted octanol–water partition coefficient (Wildman–Crippen LogP) is 11.0. The molecule has 1 aliphatic rings. The van der Waals surface area contributed by atoms with Gasteiger partial charge in [-0.1, -0.05) is 85.6 Å². The lowest BCUT2D eigenvalue weighted by Gasteiger charge is -2.36. The van der Waals surface area contributed by atoms with Gasteiger partial charge in [-0.05, 0) is 81.3 Å². The largest absolute Gasteiger partial charge is 0.444 e. The Hall–Kier alpha value is -5.25. The minimum atomic E-state index is -0.573. The highest BCUT2D eigenvalue weighted by molar-refractivity contribution is 6.31. The van der Waals surface area contributed by atoms with Crippen molar-refractivity contribution in [3.05, 3.63) is 125 Å². The lowest BCUT2D eigenvalue weighted by Crippen LogP contribution is -2.50. The highest BCUT2D eigenvalue weighted by Crippen LogP contribution is 2.43. The summed E-state index contributed by atoms with van der Waals surface area (Å²) >= 11 is 12.8. The monoisotopic (exact) mass is 764 g/mol. The number of nitrogens with one attached hydrogen (secondary N) is 2. The van der Waals surface area contributed by atoms with Crippen LogP contribution in [-0.4, -0.2) is 63.2 Å². The maximum Gasteiger partial charge on any atom is 0.410 e. The van der Waals surface area contributed by atoms with Crippen LogP contribution in [0.2, 0.25) is 10.0 Å². The van der Waals surface area contributed by atoms with Crippen molar-refractivity contribution in [1.29, 1.82) is 0 Å². The van der Waals surface area contributed by atoms with Crippen molar-refractivity contribution in [2.24, 2.45) is 0 Å². The Morgan fingerprint density at radius 1 is 0.870 bits per heavy atom. The topological polar surface area (TPSA) is 95.5 Å². The number of amides is 2. The van der Waals surface area contributed by atoms with E-state index in [1.807, 2.05) is 101 Å². The molecule has 3 aromatic heterocycles. The van der Waals surface area contributed by atoms with Gasteiger partial charge >= 0.3 is 6.09 Å². The van der Waals surface area contributed by atoms with E-state index >= 15 is 0 Å². The molecule has 280 valence electrons. The van der Waals surface area contributed by atoms with Gasteiger partial charge in [0.05, 0.1) is 17.4 Å². The first-order valence-corrected chi connectivity index (χ1v) is 19.0. The Balaban J connectivity index is 0.00000245. The molecule has 2 amide bonds. The maximum atomic E-state index is 14.6. The van der Waals surface area contributed by atoms with Crippen molar-refractivity contribution in [1.82, 2.24) is 19.4 Å². The van der Waals surface area contributed by atoms with Gasteiger partial charge in [-0.3, -0.25) is 4.79 Å². The number of aromatic nitrogens is 3. The number of rotatable bonds is 7. The summed E-state index contributed by atoms with van der Waals surface area (Å²) < 4.78 is 7.79. The number of hydrogen-bond acceptors (Lipinski definition) is 5. The summed E-state index contributed by atoms with van der Waals surface area (Å²) in [7, 11) is 0. The van der Waals surface area contributed by atoms with Crippen molar-refractivity contribution in [3.8, 4) is 22.4 Å². The average molecular weight is 766 g/mol. The van der Waals surface area contributed by atoms with E-state index in [0.29, 0.717) is 53.4 Å². The lowest BCUT2D eigenvalue weighted by atomic mass is 9.98. The Morgan fingerprint density at radius 2 is 1.56 bits per heavy atom. The number of H-pyrrole nitrogens is 1. The first-order valence-electron chi connectivity index (χ1n) is 18.3. The number of benzene rings is 3. The van der Waals surface area contributed by atoms with Crippen LogP contribution in [0.15, 0.2) is 103 Å². The number of halogens is 2. The van der Waals surface area contributed by atoms with Gasteiger partial charge in [0, 0.05) is 70.6 Å². The second kappa shape index (κ2) is 16.4. The zero-order valence-corrected chi connectivity index (χ0v) is 33.0. The molecule has 0 radical (unpaired) electrons. The van der Waals surface area contributed by atoms with Crippen LogP contribution in [0.3, 0.4) is 0 Å². The molecule has 1 atom stereocenters. The molecule has 6 aromatic rings. The number of carbonyl (C=O) groups is 2. The molecule has 1 fully saturated rings. The molecule has 1 aliphatic heterocycles. The van der Waals surface area contributed by atoms with Gasteiger partial charge in [-0.15, -0.1) is 0 Å². The Kier molecular flexibility index (Phi) is 11.7. The minimum absolute atomic E-state index is 0.0952. The van der Waals surface area contributed by atoms with Gasteiger partial charge in [-0.25, -0.2) is 9.78 Å². The second-order valence-corrected chi connectivity index (χ2v) is 14.8. The standard InChI is InChI=1S/C41H40Cl2N6O3.C2H6/c1-26(27-12-14-29(42)15-13-27)49-20-18-31(28-9-6-5-7-10-28)37(49)35-32-17-16-30(43)25-34(32)45-36(35)39(50)46-33-11-8-19-44-38(33)47-21-23-48(24-22-47)40(51)52-41(2,3)4;1-2/h5-20,25-26,45H,21-24H2,1-4H3,(H,46,50);1-2H3. The third-order valence-electron chi connectivity index (χ3n) is 9.26. The summed E-state index contributed by atoms with van der Waals surface area (Å²) in [6, 6.07) is 29.3. The van der Waals surface area contributed by atoms with Gasteiger partial charge < -0.3 is 29.4 Å². The van der Waals surface area contributed by atoms with E-state index in [4.69, 9.17) is 27.9 Å². The fourth-order valence-electron chi connectivity index (χ4n) is 6.73. The number of hydrogen-bond donors (Lipinski definition) is 2. The van der Waals surface area contributed by atoms with E-state index < -0.39 is 5.60 Å². The van der Waals surface area contributed by atoms with Gasteiger partial charge in [0.2, 0.25) is 0 Å². The maximum absolute atomic E-state index is 14.6. The zero-order chi connectivity index (χ0) is 38.6. The molecule has 11 heteroatoms. The molecule has 0 saturated carbocycles. The van der Waals surface area contributed by atoms with Gasteiger partial charge in [-0.2, -0.15) is 0 Å². The molecule has 1 unspecified atom stereocenters. The van der Waals surface area contributed by atoms with E-state index in [2.05, 4.69) is 56.1 Å². The molecular formula is C43H46Cl2N6O3. The second-order valence-electron chi connectivity index (χ2n) is 13.9. The van der Waals surface area contributed by atoms with E-state index in [1.54, 1.807) is 17.2 Å². The van der Waals surface area contributed by atoms with Crippen LogP contribution in [0, 0.1) is 0 Å². The van der Waals surface area contributed by atoms with E-state index in [9.17, 15) is 9.59 Å². The van der Waals surface area contributed by atoms with E-state index in [0.717, 1.165) is 38.9 Å². The van der Waals surface area contributed by atoms with Gasteiger partial charge in [0.25, 0.3) is 5.91 Å². The van der Waals surface area contributed by atoms with Crippen LogP contribution in [0.5, 0.6) is 0 Å². The third kappa shape index (κ3) is 8.27. The fraction of sp³-hybridized carbons (Fsp3) is 0.279. The van der Waals surface area contributed by atoms with Crippen LogP contribution in [-0.2, 0) is 4.74 Å². The predicted molar refractivity (Wildman–Crippen MR) is 221 cm³/mol. The van der Waals surface area contributed by atoms with Crippen molar-refractivity contribution >= 4 is 57.6 Å². The normalized spacial score (nSPS) is 13.6. The number of carbonyl (C=O) groups excluding carboxylic acids is 2. The first kappa shape index (κ1) is 38.5. The Bertz CT molecular complexity index is 2230. The summed E-state index contributed by atoms with van der Waals surface area (Å²) in [6.45, 7) is 13.7. The molecule has 9 nitrogen and oxygen atoms in total. The molecule has 3 aromatic carbocycles. The van der Waals surface area contributed by atoms with Crippen molar-refractivity contribution in [2.45, 2.75) is 53.2 Å². The smallest absolute Gasteiger partial charge is 0.410 e. The number of anilines is 2. The highest BCUT2D eigenvalue weighted by Gasteiger charge is 2.30. The minimum Gasteiger partial charge on any atom is -0.444 e. The van der Waals surface area contributed by atoms with E-state index in [-0.39, 0.29) is 18.0 Å². The van der Waals surface area contributed by atoms with Crippen molar-refractivity contribution < 1.29 is 14.3 Å². The first-order chi connectivity index (χ1) is 26.0. The van der Waals surface area contributed by atoms with Gasteiger partial charge in [0.1, 0.15) is 11.3 Å². The number of pyridine rings is 1. The number of nitrogens with zero attached hydrogens (tertiary/aromatic N) is 4. The number of ether oxygens (including phenoxy) is 1. The van der Waals surface area contributed by atoms with Gasteiger partial charge in [0.15, 0.2) is 5.82 Å². The molecule has 7 rings (SSSR count). The van der Waals surface area contributed by atoms with Crippen LogP contribution in [0.1, 0.15) is 63.6 Å². The van der Waals surface area contributed by atoms with Crippen LogP contribution < -0.4 is 10.2 Å². The molecule has 2 N–H and O–H groups in total. The molecule has 54 heavy (non-hydrogen) atoms. The lowest BCUT2D eigenvalue weighted by molar-refractivity contribution is 0.0240. The number of piperazine rings is 1. The number of aromatic amines is 1. The van der Waals surface area contributed by atoms with E-state index in [1.165, 1.54) is 0 Å². The average Bonchev–Trinajstić information content (AvgIpc) is 3.77. The summed E-state index contributed by atoms with van der Waals surface area (Å²) in [4.78, 5) is 39.2. The summed E-state index contributed by atoms with van der Waals surface area (Å²) in [6.07, 6.45) is 3.44. The third-order valence-corrected chi connectivity index (χ3v) is 9.75. The highest BCUT2D eigenvalue weighted by atomic mass is 35.5. The SMILES string of the molecule is CC.CC(c1ccc(Cl)cc1)n1ccc(-c2ccccc2)c1-c1c(C(=O)Nc2cccnc2N2CCN(C(=O)OC(C)(C)C)CC2)[nH]c2cc(Cl)ccc12. The van der Waals surface area contributed by atoms with Crippen molar-refractivity contribution in [2.75, 3.05) is 36.4 Å². The fourth-order valence-corrected chi connectivity index (χ4v) is 7.03. The Labute approximate surface area is 326 Å². The van der Waals surface area contributed by atoms with Crippen LogP contribution >= 0.6 is 23.2 Å². The number of fused-ring (bicyclic) bond motifs is 1. The van der Waals surface area contributed by atoms with Crippen LogP contribution in [0.4, 0.5) is 16.3 Å².